The third kappa shape index (κ3) is 1.09. The summed E-state index contributed by atoms with van der Waals surface area (Å²) in [6, 6.07) is 3.76. The van der Waals surface area contributed by atoms with Crippen LogP contribution in [0, 0.1) is 0 Å². The van der Waals surface area contributed by atoms with Gasteiger partial charge in [-0.3, -0.25) is 4.79 Å². The van der Waals surface area contributed by atoms with Crippen LogP contribution in [-0.2, 0) is 4.79 Å². The highest BCUT2D eigenvalue weighted by Crippen LogP contribution is 2.34. The van der Waals surface area contributed by atoms with E-state index in [0.29, 0.717) is 6.42 Å². The largest absolute Gasteiger partial charge is 0.469 e. The van der Waals surface area contributed by atoms with Crippen molar-refractivity contribution < 1.29 is 9.21 Å². The van der Waals surface area contributed by atoms with E-state index in [4.69, 9.17) is 4.42 Å². The van der Waals surface area contributed by atoms with Gasteiger partial charge in [0.1, 0.15) is 5.76 Å². The molecule has 1 saturated carbocycles. The molecule has 1 aliphatic rings. The Morgan fingerprint density at radius 3 is 2.83 bits per heavy atom. The lowest BCUT2D eigenvalue weighted by atomic mass is 10.1. The molecule has 1 aromatic heterocycles. The molecule has 0 spiro atoms. The number of hydrogen-bond acceptors (Lipinski definition) is 2. The molecule has 0 aromatic carbocycles. The van der Waals surface area contributed by atoms with Crippen molar-refractivity contribution in [1.29, 1.82) is 0 Å². The molecule has 1 aromatic rings. The van der Waals surface area contributed by atoms with Crippen LogP contribution in [-0.4, -0.2) is 5.78 Å². The lowest BCUT2D eigenvalue weighted by molar-refractivity contribution is -0.114. The molecular weight excluding hydrogens is 152 g/mol. The number of furan rings is 1. The highest BCUT2D eigenvalue weighted by atomic mass is 16.3. The van der Waals surface area contributed by atoms with Crippen molar-refractivity contribution in [2.45, 2.75) is 18.8 Å². The molecule has 1 heterocycles. The van der Waals surface area contributed by atoms with Crippen LogP contribution < -0.4 is 0 Å². The molecule has 0 aliphatic heterocycles. The topological polar surface area (TPSA) is 30.2 Å². The van der Waals surface area contributed by atoms with Crippen LogP contribution in [0.1, 0.15) is 24.5 Å². The predicted molar refractivity (Wildman–Crippen MR) is 44.8 cm³/mol. The lowest BCUT2D eigenvalue weighted by Crippen LogP contribution is -1.91. The lowest BCUT2D eigenvalue weighted by Gasteiger charge is -2.00. The van der Waals surface area contributed by atoms with E-state index in [0.717, 1.165) is 17.8 Å². The summed E-state index contributed by atoms with van der Waals surface area (Å²) in [5, 5.41) is 0. The van der Waals surface area contributed by atoms with E-state index in [-0.39, 0.29) is 11.7 Å². The molecule has 2 heteroatoms. The first-order chi connectivity index (χ1) is 5.77. The van der Waals surface area contributed by atoms with Gasteiger partial charge in [0.2, 0.25) is 0 Å². The van der Waals surface area contributed by atoms with Gasteiger partial charge in [0.15, 0.2) is 5.78 Å². The van der Waals surface area contributed by atoms with E-state index in [9.17, 15) is 4.79 Å². The Kier molecular flexibility index (Phi) is 1.61. The van der Waals surface area contributed by atoms with Gasteiger partial charge in [-0.25, -0.2) is 0 Å². The maximum Gasteiger partial charge on any atom is 0.159 e. The first kappa shape index (κ1) is 7.35. The van der Waals surface area contributed by atoms with E-state index in [1.54, 1.807) is 6.26 Å². The number of carbonyl (C=O) groups excluding carboxylic acids is 1. The van der Waals surface area contributed by atoms with Crippen molar-refractivity contribution in [2.24, 2.45) is 0 Å². The molecule has 0 amide bonds. The molecule has 1 fully saturated rings. The predicted octanol–water partition coefficient (Wildman–Crippen LogP) is 2.28. The first-order valence-corrected chi connectivity index (χ1v) is 4.02. The summed E-state index contributed by atoms with van der Waals surface area (Å²) in [5.74, 6) is 1.32. The molecule has 0 radical (unpaired) electrons. The van der Waals surface area contributed by atoms with Gasteiger partial charge in [0.25, 0.3) is 0 Å². The second kappa shape index (κ2) is 2.63. The van der Waals surface area contributed by atoms with Crippen LogP contribution in [0.2, 0.25) is 0 Å². The van der Waals surface area contributed by atoms with Crippen LogP contribution in [0.5, 0.6) is 0 Å². The second-order valence-electron chi connectivity index (χ2n) is 3.15. The number of carbonyl (C=O) groups is 1. The number of Topliss-reactive ketones (excluding diaryl/α,β-unsaturated/α-hetero) is 1. The van der Waals surface area contributed by atoms with Crippen molar-refractivity contribution >= 4 is 5.78 Å². The maximum absolute atomic E-state index is 11.1. The zero-order valence-corrected chi connectivity index (χ0v) is 6.75. The minimum atomic E-state index is 0.177. The molecule has 12 heavy (non-hydrogen) atoms. The second-order valence-corrected chi connectivity index (χ2v) is 3.15. The fraction of sp³-hybridized carbons (Fsp3) is 0.300. The molecule has 0 N–H and O–H groups in total. The van der Waals surface area contributed by atoms with E-state index >= 15 is 0 Å². The zero-order valence-electron chi connectivity index (χ0n) is 6.75. The van der Waals surface area contributed by atoms with Crippen LogP contribution >= 0.6 is 0 Å². The van der Waals surface area contributed by atoms with Crippen molar-refractivity contribution in [1.82, 2.24) is 0 Å². The molecule has 62 valence electrons. The Morgan fingerprint density at radius 2 is 2.33 bits per heavy atom. The van der Waals surface area contributed by atoms with E-state index in [1.807, 2.05) is 12.1 Å². The van der Waals surface area contributed by atoms with Crippen molar-refractivity contribution in [3.63, 3.8) is 0 Å². The average molecular weight is 162 g/mol. The summed E-state index contributed by atoms with van der Waals surface area (Å²) in [6.45, 7) is 3.70. The van der Waals surface area contributed by atoms with Crippen molar-refractivity contribution in [3.8, 4) is 0 Å². The van der Waals surface area contributed by atoms with E-state index < -0.39 is 0 Å². The van der Waals surface area contributed by atoms with Gasteiger partial charge >= 0.3 is 0 Å². The van der Waals surface area contributed by atoms with Gasteiger partial charge in [-0.1, -0.05) is 6.58 Å². The van der Waals surface area contributed by atoms with Crippen molar-refractivity contribution in [3.05, 3.63) is 36.3 Å². The normalized spacial score (nSPS) is 23.5. The standard InChI is InChI=1S/C10H10O2/c1-7-5-8(6-9(7)11)10-3-2-4-12-10/h2-4,8H,1,5-6H2. The summed E-state index contributed by atoms with van der Waals surface area (Å²) in [6.07, 6.45) is 2.96. The van der Waals surface area contributed by atoms with Crippen molar-refractivity contribution in [2.75, 3.05) is 0 Å². The molecule has 2 nitrogen and oxygen atoms in total. The Bertz CT molecular complexity index is 293. The number of allylic oxidation sites excluding steroid dienone is 1. The molecule has 1 aliphatic carbocycles. The fourth-order valence-corrected chi connectivity index (χ4v) is 1.58. The highest BCUT2D eigenvalue weighted by Gasteiger charge is 2.28. The number of hydrogen-bond donors (Lipinski definition) is 0. The fourth-order valence-electron chi connectivity index (χ4n) is 1.58. The minimum Gasteiger partial charge on any atom is -0.469 e. The zero-order chi connectivity index (χ0) is 8.55. The van der Waals surface area contributed by atoms with Crippen LogP contribution in [0.3, 0.4) is 0 Å². The van der Waals surface area contributed by atoms with Crippen LogP contribution in [0.15, 0.2) is 35.0 Å². The summed E-state index contributed by atoms with van der Waals surface area (Å²) < 4.78 is 5.22. The van der Waals surface area contributed by atoms with Crippen LogP contribution in [0.4, 0.5) is 0 Å². The monoisotopic (exact) mass is 162 g/mol. The molecule has 2 rings (SSSR count). The van der Waals surface area contributed by atoms with E-state index in [1.165, 1.54) is 0 Å². The SMILES string of the molecule is C=C1CC(c2ccco2)CC1=O. The maximum atomic E-state index is 11.1. The summed E-state index contributed by atoms with van der Waals surface area (Å²) in [5.41, 5.74) is 0.733. The third-order valence-corrected chi connectivity index (χ3v) is 2.26. The molecule has 1 atom stereocenters. The molecule has 0 bridgehead atoms. The third-order valence-electron chi connectivity index (χ3n) is 2.26. The van der Waals surface area contributed by atoms with Gasteiger partial charge in [-0.2, -0.15) is 0 Å². The van der Waals surface area contributed by atoms with Gasteiger partial charge in [0.05, 0.1) is 6.26 Å². The Morgan fingerprint density at radius 1 is 1.50 bits per heavy atom. The van der Waals surface area contributed by atoms with Gasteiger partial charge < -0.3 is 4.42 Å². The van der Waals surface area contributed by atoms with Gasteiger partial charge in [0, 0.05) is 12.3 Å². The average Bonchev–Trinajstić information content (AvgIpc) is 2.61. The van der Waals surface area contributed by atoms with Gasteiger partial charge in [-0.15, -0.1) is 0 Å². The van der Waals surface area contributed by atoms with E-state index in [2.05, 4.69) is 6.58 Å². The summed E-state index contributed by atoms with van der Waals surface area (Å²) >= 11 is 0. The van der Waals surface area contributed by atoms with Gasteiger partial charge in [-0.05, 0) is 24.1 Å². The Hall–Kier alpha value is -1.31. The molecule has 1 unspecified atom stereocenters. The Balaban J connectivity index is 2.19. The summed E-state index contributed by atoms with van der Waals surface area (Å²) in [7, 11) is 0. The first-order valence-electron chi connectivity index (χ1n) is 4.02. The molecular formula is C10H10O2. The smallest absolute Gasteiger partial charge is 0.159 e. The minimum absolute atomic E-state index is 0.177. The number of ketones is 1. The molecule has 0 saturated heterocycles. The van der Waals surface area contributed by atoms with Crippen LogP contribution in [0.25, 0.3) is 0 Å². The number of rotatable bonds is 1. The summed E-state index contributed by atoms with van der Waals surface area (Å²) in [4.78, 5) is 11.1. The quantitative estimate of drug-likeness (QED) is 0.593. The highest BCUT2D eigenvalue weighted by molar-refractivity contribution is 5.97. The Labute approximate surface area is 70.9 Å².